The Labute approximate surface area is 115 Å². The fourth-order valence-corrected chi connectivity index (χ4v) is 2.71. The molecule has 1 aromatic rings. The van der Waals surface area contributed by atoms with Crippen LogP contribution in [0.15, 0.2) is 29.2 Å². The Hall–Kier alpha value is -0.910. The van der Waals surface area contributed by atoms with Crippen LogP contribution >= 0.6 is 0 Å². The molecule has 0 aliphatic rings. The summed E-state index contributed by atoms with van der Waals surface area (Å²) >= 11 is 0. The fraction of sp³-hybridized carbons (Fsp3) is 0.571. The predicted octanol–water partition coefficient (Wildman–Crippen LogP) is 1.93. The first kappa shape index (κ1) is 16.1. The largest absolute Gasteiger partial charge is 0.393 e. The van der Waals surface area contributed by atoms with E-state index in [9.17, 15) is 13.5 Å². The van der Waals surface area contributed by atoms with Gasteiger partial charge in [-0.3, -0.25) is 0 Å². The summed E-state index contributed by atoms with van der Waals surface area (Å²) in [5.41, 5.74) is 1.11. The molecule has 4 nitrogen and oxygen atoms in total. The van der Waals surface area contributed by atoms with Gasteiger partial charge in [0.2, 0.25) is 10.0 Å². The van der Waals surface area contributed by atoms with Crippen molar-refractivity contribution >= 4 is 10.0 Å². The van der Waals surface area contributed by atoms with Crippen molar-refractivity contribution in [2.75, 3.05) is 6.54 Å². The van der Waals surface area contributed by atoms with E-state index in [1.165, 1.54) is 0 Å². The second-order valence-corrected chi connectivity index (χ2v) is 6.76. The maximum Gasteiger partial charge on any atom is 0.240 e. The molecule has 0 fully saturated rings. The van der Waals surface area contributed by atoms with Crippen molar-refractivity contribution in [1.82, 2.24) is 4.72 Å². The number of sulfonamides is 1. The Kier molecular flexibility index (Phi) is 5.97. The average Bonchev–Trinajstić information content (AvgIpc) is 2.38. The van der Waals surface area contributed by atoms with Crippen molar-refractivity contribution in [2.24, 2.45) is 5.92 Å². The Morgan fingerprint density at radius 3 is 2.26 bits per heavy atom. The summed E-state index contributed by atoms with van der Waals surface area (Å²) in [6, 6.07) is 6.86. The van der Waals surface area contributed by atoms with E-state index < -0.39 is 16.1 Å². The third kappa shape index (κ3) is 4.93. The minimum Gasteiger partial charge on any atom is -0.393 e. The second kappa shape index (κ2) is 7.03. The Morgan fingerprint density at radius 1 is 1.21 bits per heavy atom. The number of hydrogen-bond acceptors (Lipinski definition) is 3. The van der Waals surface area contributed by atoms with E-state index in [1.807, 2.05) is 32.9 Å². The van der Waals surface area contributed by atoms with Crippen molar-refractivity contribution in [3.05, 3.63) is 29.8 Å². The van der Waals surface area contributed by atoms with E-state index in [0.717, 1.165) is 12.0 Å². The summed E-state index contributed by atoms with van der Waals surface area (Å²) in [4.78, 5) is 0.267. The van der Waals surface area contributed by atoms with Crippen LogP contribution in [-0.4, -0.2) is 26.2 Å². The molecule has 0 spiro atoms. The summed E-state index contributed by atoms with van der Waals surface area (Å²) in [7, 11) is -3.47. The fourth-order valence-electron chi connectivity index (χ4n) is 1.66. The number of nitrogens with one attached hydrogen (secondary N) is 1. The van der Waals surface area contributed by atoms with Crippen LogP contribution in [0.4, 0.5) is 0 Å². The molecule has 0 heterocycles. The number of aliphatic hydroxyl groups excluding tert-OH is 1. The standard InChI is InChI=1S/C14H23NO3S/c1-4-12-5-7-13(8-6-12)19(17,18)15-10-9-14(16)11(2)3/h5-8,11,14-16H,4,9-10H2,1-3H3. The molecule has 0 aliphatic heterocycles. The smallest absolute Gasteiger partial charge is 0.240 e. The van der Waals surface area contributed by atoms with Gasteiger partial charge in [0.05, 0.1) is 11.0 Å². The molecule has 0 saturated carbocycles. The molecular weight excluding hydrogens is 262 g/mol. The third-order valence-corrected chi connectivity index (χ3v) is 4.62. The van der Waals surface area contributed by atoms with Crippen molar-refractivity contribution in [3.8, 4) is 0 Å². The van der Waals surface area contributed by atoms with Gasteiger partial charge >= 0.3 is 0 Å². The molecule has 0 saturated heterocycles. The Bertz CT molecular complexity index is 480. The number of aryl methyl sites for hydroxylation is 1. The Balaban J connectivity index is 2.60. The van der Waals surface area contributed by atoms with E-state index in [-0.39, 0.29) is 17.4 Å². The van der Waals surface area contributed by atoms with Crippen LogP contribution in [0.25, 0.3) is 0 Å². The molecule has 0 aliphatic carbocycles. The third-order valence-electron chi connectivity index (χ3n) is 3.14. The molecular formula is C14H23NO3S. The van der Waals surface area contributed by atoms with Gasteiger partial charge in [-0.1, -0.05) is 32.9 Å². The minimum atomic E-state index is -3.47. The lowest BCUT2D eigenvalue weighted by Gasteiger charge is -2.14. The maximum absolute atomic E-state index is 12.0. The minimum absolute atomic E-state index is 0.133. The van der Waals surface area contributed by atoms with Gasteiger partial charge in [-0.15, -0.1) is 0 Å². The first-order valence-electron chi connectivity index (χ1n) is 6.63. The van der Waals surface area contributed by atoms with Crippen LogP contribution < -0.4 is 4.72 Å². The highest BCUT2D eigenvalue weighted by molar-refractivity contribution is 7.89. The molecule has 1 rings (SSSR count). The molecule has 19 heavy (non-hydrogen) atoms. The highest BCUT2D eigenvalue weighted by Crippen LogP contribution is 2.11. The van der Waals surface area contributed by atoms with E-state index in [4.69, 9.17) is 0 Å². The number of hydrogen-bond donors (Lipinski definition) is 2. The monoisotopic (exact) mass is 285 g/mol. The molecule has 108 valence electrons. The molecule has 0 aromatic heterocycles. The van der Waals surface area contributed by atoms with Crippen molar-refractivity contribution in [2.45, 2.75) is 44.6 Å². The summed E-state index contributed by atoms with van der Waals surface area (Å²) in [5, 5.41) is 9.63. The molecule has 1 unspecified atom stereocenters. The lowest BCUT2D eigenvalue weighted by Crippen LogP contribution is -2.28. The van der Waals surface area contributed by atoms with Crippen LogP contribution in [0.5, 0.6) is 0 Å². The quantitative estimate of drug-likeness (QED) is 0.804. The summed E-state index contributed by atoms with van der Waals surface area (Å²) in [5.74, 6) is 0.133. The molecule has 1 aromatic carbocycles. The second-order valence-electron chi connectivity index (χ2n) is 5.00. The first-order chi connectivity index (χ1) is 8.86. The summed E-state index contributed by atoms with van der Waals surface area (Å²) in [6.45, 7) is 6.08. The highest BCUT2D eigenvalue weighted by atomic mass is 32.2. The molecule has 1 atom stereocenters. The zero-order chi connectivity index (χ0) is 14.5. The zero-order valence-electron chi connectivity index (χ0n) is 11.8. The van der Waals surface area contributed by atoms with Gasteiger partial charge in [0, 0.05) is 6.54 Å². The van der Waals surface area contributed by atoms with E-state index in [2.05, 4.69) is 4.72 Å². The van der Waals surface area contributed by atoms with Gasteiger partial charge in [0.25, 0.3) is 0 Å². The van der Waals surface area contributed by atoms with Gasteiger partial charge in [0.1, 0.15) is 0 Å². The van der Waals surface area contributed by atoms with Gasteiger partial charge in [-0.05, 0) is 36.5 Å². The molecule has 0 amide bonds. The first-order valence-corrected chi connectivity index (χ1v) is 8.11. The lowest BCUT2D eigenvalue weighted by atomic mass is 10.1. The van der Waals surface area contributed by atoms with E-state index in [1.54, 1.807) is 12.1 Å². The molecule has 2 N–H and O–H groups in total. The maximum atomic E-state index is 12.0. The zero-order valence-corrected chi connectivity index (χ0v) is 12.6. The van der Waals surface area contributed by atoms with Crippen molar-refractivity contribution < 1.29 is 13.5 Å². The van der Waals surface area contributed by atoms with E-state index >= 15 is 0 Å². The summed E-state index contributed by atoms with van der Waals surface area (Å²) < 4.78 is 26.5. The van der Waals surface area contributed by atoms with Crippen LogP contribution in [0.2, 0.25) is 0 Å². The SMILES string of the molecule is CCc1ccc(S(=O)(=O)NCCC(O)C(C)C)cc1. The molecule has 0 bridgehead atoms. The van der Waals surface area contributed by atoms with E-state index in [0.29, 0.717) is 6.42 Å². The topological polar surface area (TPSA) is 66.4 Å². The number of aliphatic hydroxyl groups is 1. The number of benzene rings is 1. The predicted molar refractivity (Wildman–Crippen MR) is 76.5 cm³/mol. The van der Waals surface area contributed by atoms with Crippen molar-refractivity contribution in [1.29, 1.82) is 0 Å². The van der Waals surface area contributed by atoms with Crippen LogP contribution in [0.1, 0.15) is 32.8 Å². The van der Waals surface area contributed by atoms with Gasteiger partial charge in [-0.2, -0.15) is 0 Å². The average molecular weight is 285 g/mol. The van der Waals surface area contributed by atoms with Gasteiger partial charge in [-0.25, -0.2) is 13.1 Å². The number of rotatable bonds is 7. The summed E-state index contributed by atoms with van der Waals surface area (Å²) in [6.07, 6.45) is 0.823. The van der Waals surface area contributed by atoms with Gasteiger partial charge in [0.15, 0.2) is 0 Å². The van der Waals surface area contributed by atoms with Crippen LogP contribution in [0.3, 0.4) is 0 Å². The van der Waals surface area contributed by atoms with Gasteiger partial charge < -0.3 is 5.11 Å². The molecule has 5 heteroatoms. The lowest BCUT2D eigenvalue weighted by molar-refractivity contribution is 0.118. The Morgan fingerprint density at radius 2 is 1.79 bits per heavy atom. The normalized spacial score (nSPS) is 13.7. The van der Waals surface area contributed by atoms with Crippen molar-refractivity contribution in [3.63, 3.8) is 0 Å². The highest BCUT2D eigenvalue weighted by Gasteiger charge is 2.15. The van der Waals surface area contributed by atoms with Crippen LogP contribution in [0, 0.1) is 5.92 Å². The molecule has 0 radical (unpaired) electrons. The van der Waals surface area contributed by atoms with Crippen LogP contribution in [-0.2, 0) is 16.4 Å².